The van der Waals surface area contributed by atoms with Gasteiger partial charge in [-0.2, -0.15) is 0 Å². The quantitative estimate of drug-likeness (QED) is 0.898. The summed E-state index contributed by atoms with van der Waals surface area (Å²) in [4.78, 5) is 14.3. The number of rotatable bonds is 3. The first-order chi connectivity index (χ1) is 10.6. The lowest BCUT2D eigenvalue weighted by Crippen LogP contribution is -2.44. The number of benzene rings is 1. The standard InChI is InChI=1S/C16H21ClN2O3.ClH/c1-19(12-2-4-18-5-3-12)15(20)10-11-8-13(17)16-14(9-11)21-6-7-22-16;/h8-9,12,18H,2-7,10H2,1H3;1H. The monoisotopic (exact) mass is 360 g/mol. The molecule has 1 fully saturated rings. The van der Waals surface area contributed by atoms with Crippen molar-refractivity contribution >= 4 is 29.9 Å². The molecule has 1 saturated heterocycles. The van der Waals surface area contributed by atoms with E-state index in [1.807, 2.05) is 18.0 Å². The number of fused-ring (bicyclic) bond motifs is 1. The molecule has 1 N–H and O–H groups in total. The summed E-state index contributed by atoms with van der Waals surface area (Å²) in [6, 6.07) is 3.97. The van der Waals surface area contributed by atoms with Crippen LogP contribution in [0.3, 0.4) is 0 Å². The highest BCUT2D eigenvalue weighted by Crippen LogP contribution is 2.38. The number of nitrogens with zero attached hydrogens (tertiary/aromatic N) is 1. The highest BCUT2D eigenvalue weighted by atomic mass is 35.5. The van der Waals surface area contributed by atoms with Crippen molar-refractivity contribution in [3.05, 3.63) is 22.7 Å². The van der Waals surface area contributed by atoms with Crippen LogP contribution in [0.1, 0.15) is 18.4 Å². The van der Waals surface area contributed by atoms with E-state index in [0.717, 1.165) is 31.5 Å². The lowest BCUT2D eigenvalue weighted by Gasteiger charge is -2.31. The van der Waals surface area contributed by atoms with Gasteiger partial charge < -0.3 is 19.7 Å². The minimum atomic E-state index is 0. The molecule has 0 aromatic heterocycles. The third-order valence-electron chi connectivity index (χ3n) is 4.26. The highest BCUT2D eigenvalue weighted by molar-refractivity contribution is 6.32. The minimum Gasteiger partial charge on any atom is -0.486 e. The third kappa shape index (κ3) is 4.22. The van der Waals surface area contributed by atoms with Crippen LogP contribution in [0.25, 0.3) is 0 Å². The van der Waals surface area contributed by atoms with Gasteiger partial charge in [0.25, 0.3) is 0 Å². The van der Waals surface area contributed by atoms with E-state index >= 15 is 0 Å². The fraction of sp³-hybridized carbons (Fsp3) is 0.562. The maximum absolute atomic E-state index is 12.5. The Morgan fingerprint density at radius 1 is 1.30 bits per heavy atom. The zero-order valence-electron chi connectivity index (χ0n) is 13.1. The maximum Gasteiger partial charge on any atom is 0.226 e. The molecule has 2 heterocycles. The van der Waals surface area contributed by atoms with Gasteiger partial charge in [-0.1, -0.05) is 11.6 Å². The van der Waals surface area contributed by atoms with Gasteiger partial charge in [0.15, 0.2) is 11.5 Å². The molecule has 1 amide bonds. The Balaban J connectivity index is 0.00000192. The molecule has 0 radical (unpaired) electrons. The summed E-state index contributed by atoms with van der Waals surface area (Å²) >= 11 is 6.22. The van der Waals surface area contributed by atoms with E-state index in [4.69, 9.17) is 21.1 Å². The molecule has 0 bridgehead atoms. The van der Waals surface area contributed by atoms with Crippen LogP contribution in [0, 0.1) is 0 Å². The average molecular weight is 361 g/mol. The number of carbonyl (C=O) groups is 1. The van der Waals surface area contributed by atoms with Crippen molar-refractivity contribution < 1.29 is 14.3 Å². The van der Waals surface area contributed by atoms with Gasteiger partial charge in [0.1, 0.15) is 13.2 Å². The number of hydrogen-bond donors (Lipinski definition) is 1. The van der Waals surface area contributed by atoms with E-state index in [0.29, 0.717) is 42.2 Å². The second-order valence-corrected chi connectivity index (χ2v) is 6.17. The number of carbonyl (C=O) groups excluding carboxylic acids is 1. The molecule has 7 heteroatoms. The van der Waals surface area contributed by atoms with Gasteiger partial charge in [-0.05, 0) is 43.6 Å². The molecule has 2 aliphatic rings. The summed E-state index contributed by atoms with van der Waals surface area (Å²) in [6.45, 7) is 2.95. The molecular formula is C16H22Cl2N2O3. The van der Waals surface area contributed by atoms with Crippen molar-refractivity contribution in [2.45, 2.75) is 25.3 Å². The Labute approximate surface area is 147 Å². The number of ether oxygens (including phenoxy) is 2. The van der Waals surface area contributed by atoms with Crippen LogP contribution in [-0.2, 0) is 11.2 Å². The summed E-state index contributed by atoms with van der Waals surface area (Å²) in [5.74, 6) is 1.32. The number of nitrogens with one attached hydrogen (secondary N) is 1. The van der Waals surface area contributed by atoms with Gasteiger partial charge in [-0.3, -0.25) is 4.79 Å². The molecule has 128 valence electrons. The summed E-state index contributed by atoms with van der Waals surface area (Å²) in [6.07, 6.45) is 2.34. The number of amides is 1. The predicted molar refractivity (Wildman–Crippen MR) is 92.1 cm³/mol. The van der Waals surface area contributed by atoms with Crippen LogP contribution >= 0.6 is 24.0 Å². The third-order valence-corrected chi connectivity index (χ3v) is 4.54. The summed E-state index contributed by atoms with van der Waals surface area (Å²) in [5, 5.41) is 3.82. The second-order valence-electron chi connectivity index (χ2n) is 5.76. The van der Waals surface area contributed by atoms with Gasteiger partial charge in [0.05, 0.1) is 11.4 Å². The van der Waals surface area contributed by atoms with Gasteiger partial charge in [-0.25, -0.2) is 0 Å². The average Bonchev–Trinajstić information content (AvgIpc) is 2.55. The van der Waals surface area contributed by atoms with E-state index in [1.54, 1.807) is 6.07 Å². The molecule has 2 aliphatic heterocycles. The van der Waals surface area contributed by atoms with Crippen LogP contribution in [0.5, 0.6) is 11.5 Å². The van der Waals surface area contributed by atoms with Crippen LogP contribution < -0.4 is 14.8 Å². The maximum atomic E-state index is 12.5. The molecule has 5 nitrogen and oxygen atoms in total. The SMILES string of the molecule is CN(C(=O)Cc1cc(Cl)c2c(c1)OCCO2)C1CCNCC1.Cl. The summed E-state index contributed by atoms with van der Waals surface area (Å²) < 4.78 is 11.1. The number of halogens is 2. The number of piperidine rings is 1. The van der Waals surface area contributed by atoms with Gasteiger partial charge in [-0.15, -0.1) is 12.4 Å². The van der Waals surface area contributed by atoms with Crippen molar-refractivity contribution in [3.8, 4) is 11.5 Å². The molecule has 0 unspecified atom stereocenters. The van der Waals surface area contributed by atoms with Crippen molar-refractivity contribution in [1.29, 1.82) is 0 Å². The first-order valence-corrected chi connectivity index (χ1v) is 8.07. The fourth-order valence-corrected chi connectivity index (χ4v) is 3.25. The van der Waals surface area contributed by atoms with E-state index in [1.165, 1.54) is 0 Å². The Hall–Kier alpha value is -1.17. The van der Waals surface area contributed by atoms with Crippen LogP contribution in [-0.4, -0.2) is 50.2 Å². The van der Waals surface area contributed by atoms with Crippen LogP contribution in [0.2, 0.25) is 5.02 Å². The Kier molecular flexibility index (Phi) is 6.39. The van der Waals surface area contributed by atoms with Crippen molar-refractivity contribution in [2.24, 2.45) is 0 Å². The van der Waals surface area contributed by atoms with Crippen LogP contribution in [0.15, 0.2) is 12.1 Å². The molecule has 1 aromatic carbocycles. The largest absolute Gasteiger partial charge is 0.486 e. The molecule has 1 aromatic rings. The zero-order chi connectivity index (χ0) is 15.5. The molecule has 3 rings (SSSR count). The van der Waals surface area contributed by atoms with Crippen molar-refractivity contribution in [3.63, 3.8) is 0 Å². The normalized spacial score (nSPS) is 17.3. The zero-order valence-corrected chi connectivity index (χ0v) is 14.7. The second kappa shape index (κ2) is 8.08. The topological polar surface area (TPSA) is 50.8 Å². The van der Waals surface area contributed by atoms with E-state index in [-0.39, 0.29) is 18.3 Å². The molecular weight excluding hydrogens is 339 g/mol. The van der Waals surface area contributed by atoms with E-state index < -0.39 is 0 Å². The summed E-state index contributed by atoms with van der Waals surface area (Å²) in [7, 11) is 1.89. The molecule has 0 aliphatic carbocycles. The Morgan fingerprint density at radius 2 is 2.00 bits per heavy atom. The van der Waals surface area contributed by atoms with Gasteiger partial charge in [0.2, 0.25) is 5.91 Å². The number of likely N-dealkylation sites (N-methyl/N-ethyl adjacent to an activating group) is 1. The Bertz CT molecular complexity index is 563. The Morgan fingerprint density at radius 3 is 2.74 bits per heavy atom. The van der Waals surface area contributed by atoms with E-state index in [9.17, 15) is 4.79 Å². The van der Waals surface area contributed by atoms with Crippen LogP contribution in [0.4, 0.5) is 0 Å². The lowest BCUT2D eigenvalue weighted by atomic mass is 10.0. The van der Waals surface area contributed by atoms with Crippen molar-refractivity contribution in [1.82, 2.24) is 10.2 Å². The van der Waals surface area contributed by atoms with E-state index in [2.05, 4.69) is 5.32 Å². The molecule has 23 heavy (non-hydrogen) atoms. The molecule has 0 atom stereocenters. The first kappa shape index (κ1) is 18.2. The minimum absolute atomic E-state index is 0. The first-order valence-electron chi connectivity index (χ1n) is 7.69. The lowest BCUT2D eigenvalue weighted by molar-refractivity contribution is -0.131. The smallest absolute Gasteiger partial charge is 0.226 e. The molecule has 0 saturated carbocycles. The predicted octanol–water partition coefficient (Wildman–Crippen LogP) is 2.29. The highest BCUT2D eigenvalue weighted by Gasteiger charge is 2.23. The van der Waals surface area contributed by atoms with Gasteiger partial charge in [0, 0.05) is 13.1 Å². The molecule has 0 spiro atoms. The van der Waals surface area contributed by atoms with Crippen molar-refractivity contribution in [2.75, 3.05) is 33.4 Å². The summed E-state index contributed by atoms with van der Waals surface area (Å²) in [5.41, 5.74) is 0.861. The number of hydrogen-bond acceptors (Lipinski definition) is 4. The van der Waals surface area contributed by atoms with Gasteiger partial charge >= 0.3 is 0 Å². The fourth-order valence-electron chi connectivity index (χ4n) is 2.96.